The van der Waals surface area contributed by atoms with E-state index in [0.29, 0.717) is 0 Å². The van der Waals surface area contributed by atoms with E-state index in [9.17, 15) is 13.2 Å². The largest absolute Gasteiger partial charge is 0.447 e. The summed E-state index contributed by atoms with van der Waals surface area (Å²) in [5.74, 6) is -1.61. The third-order valence-electron chi connectivity index (χ3n) is 0.658. The molecule has 0 aromatic heterocycles. The topological polar surface area (TPSA) is 80.7 Å². The number of hydrogen-bond acceptors (Lipinski definition) is 4. The van der Waals surface area contributed by atoms with E-state index in [-0.39, 0.29) is 44.2 Å². The van der Waals surface area contributed by atoms with Crippen molar-refractivity contribution in [3.63, 3.8) is 0 Å². The summed E-state index contributed by atoms with van der Waals surface area (Å²) in [6, 6.07) is 0. The molecule has 0 aliphatic carbocycles. The predicted octanol–water partition coefficient (Wildman–Crippen LogP) is -0.596. The summed E-state index contributed by atoms with van der Waals surface area (Å²) in [5.41, 5.74) is 0. The van der Waals surface area contributed by atoms with Gasteiger partial charge < -0.3 is 4.74 Å². The molecule has 7 heteroatoms. The van der Waals surface area contributed by atoms with Gasteiger partial charge in [-0.1, -0.05) is 6.92 Å². The maximum Gasteiger partial charge on any atom is 0.306 e. The quantitative estimate of drug-likeness (QED) is 0.380. The number of hydrogen-bond donors (Lipinski definition) is 1. The van der Waals surface area contributed by atoms with Crippen molar-refractivity contribution in [2.45, 2.75) is 13.3 Å². The van der Waals surface area contributed by atoms with Gasteiger partial charge in [0, 0.05) is 44.2 Å². The summed E-state index contributed by atoms with van der Waals surface area (Å²) >= 11 is 0. The second kappa shape index (κ2) is 6.19. The summed E-state index contributed by atoms with van der Waals surface area (Å²) in [6.45, 7) is 1.52. The second-order valence-corrected chi connectivity index (χ2v) is 2.97. The Bertz CT molecular complexity index is 209. The van der Waals surface area contributed by atoms with Crippen LogP contribution in [0.5, 0.6) is 0 Å². The van der Waals surface area contributed by atoms with Crippen LogP contribution in [-0.2, 0) is 19.6 Å². The Kier molecular flexibility index (Phi) is 7.98. The summed E-state index contributed by atoms with van der Waals surface area (Å²) in [5, 5.41) is 0. The molecule has 5 nitrogen and oxygen atoms in total. The van der Waals surface area contributed by atoms with E-state index < -0.39 is 22.0 Å². The van der Waals surface area contributed by atoms with Crippen LogP contribution < -0.4 is 0 Å². The van der Waals surface area contributed by atoms with Crippen LogP contribution in [0.1, 0.15) is 13.3 Å². The molecule has 0 aliphatic heterocycles. The van der Waals surface area contributed by atoms with Crippen LogP contribution >= 0.6 is 0 Å². The molecule has 62 valence electrons. The third kappa shape index (κ3) is 10.6. The third-order valence-corrected chi connectivity index (χ3v) is 1.07. The second-order valence-electron chi connectivity index (χ2n) is 1.57. The average molecular weight is 208 g/mol. The molecule has 1 N–H and O–H groups in total. The van der Waals surface area contributed by atoms with Gasteiger partial charge in [0.2, 0.25) is 5.94 Å². The van der Waals surface area contributed by atoms with Gasteiger partial charge in [-0.15, -0.1) is 0 Å². The standard InChI is InChI=1S/C4H8O5S.Ca/c1-2-4(5)9-3-10(6,7)8;/h2-3H2,1H3,(H,6,7,8);. The van der Waals surface area contributed by atoms with E-state index >= 15 is 0 Å². The number of carbonyl (C=O) groups is 1. The van der Waals surface area contributed by atoms with Gasteiger partial charge in [0.25, 0.3) is 0 Å². The van der Waals surface area contributed by atoms with Crippen molar-refractivity contribution in [2.75, 3.05) is 5.94 Å². The molecular formula is C4H8CaO5S. The first-order valence-electron chi connectivity index (χ1n) is 2.56. The molecule has 0 rings (SSSR count). The summed E-state index contributed by atoms with van der Waals surface area (Å²) in [4.78, 5) is 10.3. The number of carbonyl (C=O) groups excluding carboxylic acids is 1. The minimum atomic E-state index is -4.17. The van der Waals surface area contributed by atoms with E-state index in [0.717, 1.165) is 0 Å². The normalized spacial score (nSPS) is 10.0. The monoisotopic (exact) mass is 208 g/mol. The smallest absolute Gasteiger partial charge is 0.306 e. The maximum absolute atomic E-state index is 10.3. The van der Waals surface area contributed by atoms with E-state index in [2.05, 4.69) is 4.74 Å². The SMILES string of the molecule is CCC(=O)OCS(=O)(=O)O.[Ca]. The molecule has 11 heavy (non-hydrogen) atoms. The van der Waals surface area contributed by atoms with E-state index in [1.54, 1.807) is 0 Å². The Hall–Kier alpha value is 0.640. The van der Waals surface area contributed by atoms with Crippen LogP contribution in [0.25, 0.3) is 0 Å². The maximum atomic E-state index is 10.3. The Morgan fingerprint density at radius 1 is 1.55 bits per heavy atom. The first kappa shape index (κ1) is 14.2. The molecular weight excluding hydrogens is 200 g/mol. The number of esters is 1. The zero-order chi connectivity index (χ0) is 8.20. The van der Waals surface area contributed by atoms with Gasteiger partial charge >= 0.3 is 16.1 Å². The zero-order valence-corrected chi connectivity index (χ0v) is 9.13. The van der Waals surface area contributed by atoms with Crippen LogP contribution in [0.3, 0.4) is 0 Å². The van der Waals surface area contributed by atoms with Crippen LogP contribution in [0.2, 0.25) is 0 Å². The van der Waals surface area contributed by atoms with Crippen molar-refractivity contribution in [1.29, 1.82) is 0 Å². The molecule has 0 unspecified atom stereocenters. The summed E-state index contributed by atoms with van der Waals surface area (Å²) < 4.78 is 32.0. The van der Waals surface area contributed by atoms with Gasteiger partial charge in [-0.25, -0.2) is 0 Å². The molecule has 0 fully saturated rings. The first-order valence-corrected chi connectivity index (χ1v) is 4.17. The fourth-order valence-electron chi connectivity index (χ4n) is 0.242. The molecule has 0 heterocycles. The molecule has 0 aromatic rings. The Labute approximate surface area is 94.9 Å². The van der Waals surface area contributed by atoms with Crippen molar-refractivity contribution >= 4 is 53.8 Å². The van der Waals surface area contributed by atoms with E-state index in [1.165, 1.54) is 6.92 Å². The Balaban J connectivity index is 0. The fraction of sp³-hybridized carbons (Fsp3) is 0.750. The van der Waals surface area contributed by atoms with Crippen molar-refractivity contribution in [3.8, 4) is 0 Å². The molecule has 0 saturated carbocycles. The van der Waals surface area contributed by atoms with Gasteiger partial charge in [0.1, 0.15) is 0 Å². The zero-order valence-electron chi connectivity index (χ0n) is 6.11. The molecule has 0 aliphatic rings. The van der Waals surface area contributed by atoms with Gasteiger partial charge in [-0.2, -0.15) is 8.42 Å². The van der Waals surface area contributed by atoms with Gasteiger partial charge in [0.15, 0.2) is 0 Å². The summed E-state index contributed by atoms with van der Waals surface area (Å²) in [7, 11) is -4.17. The van der Waals surface area contributed by atoms with Crippen LogP contribution in [-0.4, -0.2) is 62.6 Å². The predicted molar refractivity (Wildman–Crippen MR) is 38.6 cm³/mol. The van der Waals surface area contributed by atoms with Crippen LogP contribution in [0.4, 0.5) is 0 Å². The molecule has 0 spiro atoms. The average Bonchev–Trinajstić information content (AvgIpc) is 1.81. The van der Waals surface area contributed by atoms with Gasteiger partial charge in [0.05, 0.1) is 0 Å². The molecule has 0 aromatic carbocycles. The Morgan fingerprint density at radius 2 is 2.00 bits per heavy atom. The van der Waals surface area contributed by atoms with Gasteiger partial charge in [-0.3, -0.25) is 9.35 Å². The van der Waals surface area contributed by atoms with Crippen molar-refractivity contribution in [2.24, 2.45) is 0 Å². The van der Waals surface area contributed by atoms with Crippen LogP contribution in [0.15, 0.2) is 0 Å². The molecule has 0 saturated heterocycles. The van der Waals surface area contributed by atoms with Crippen LogP contribution in [0, 0.1) is 0 Å². The summed E-state index contributed by atoms with van der Waals surface area (Å²) in [6.07, 6.45) is 0.0928. The molecule has 0 bridgehead atoms. The van der Waals surface area contributed by atoms with Crippen molar-refractivity contribution < 1.29 is 22.5 Å². The molecule has 0 atom stereocenters. The molecule has 2 radical (unpaired) electrons. The Morgan fingerprint density at radius 3 is 2.27 bits per heavy atom. The van der Waals surface area contributed by atoms with Crippen molar-refractivity contribution in [1.82, 2.24) is 0 Å². The van der Waals surface area contributed by atoms with Gasteiger partial charge in [-0.05, 0) is 0 Å². The minimum absolute atomic E-state index is 0. The number of ether oxygens (including phenoxy) is 1. The van der Waals surface area contributed by atoms with Crippen molar-refractivity contribution in [3.05, 3.63) is 0 Å². The van der Waals surface area contributed by atoms with E-state index in [4.69, 9.17) is 4.55 Å². The fourth-order valence-corrected chi connectivity index (χ4v) is 0.523. The van der Waals surface area contributed by atoms with E-state index in [1.807, 2.05) is 0 Å². The molecule has 0 amide bonds. The number of rotatable bonds is 3. The minimum Gasteiger partial charge on any atom is -0.447 e. The first-order chi connectivity index (χ1) is 4.45.